The number of rotatable bonds is 3. The molecule has 0 saturated heterocycles. The van der Waals surface area contributed by atoms with Gasteiger partial charge in [0.05, 0.1) is 0 Å². The van der Waals surface area contributed by atoms with Crippen molar-refractivity contribution in [1.82, 2.24) is 5.16 Å². The van der Waals surface area contributed by atoms with E-state index in [1.54, 1.807) is 19.1 Å². The molecule has 1 N–H and O–H groups in total. The highest BCUT2D eigenvalue weighted by atomic mass is 19.1. The molecule has 1 heterocycles. The molecule has 0 aliphatic heterocycles. The zero-order valence-electron chi connectivity index (χ0n) is 13.4. The van der Waals surface area contributed by atoms with Gasteiger partial charge in [-0.2, -0.15) is 0 Å². The Morgan fingerprint density at radius 2 is 1.64 bits per heavy atom. The lowest BCUT2D eigenvalue weighted by Gasteiger charge is -2.01. The second-order valence-electron chi connectivity index (χ2n) is 5.50. The predicted octanol–water partition coefficient (Wildman–Crippen LogP) is 3.81. The summed E-state index contributed by atoms with van der Waals surface area (Å²) in [6, 6.07) is 13.5. The SMILES string of the molecule is Cc1onc(C(=O)O)c1Cc1ccc(C#Cc2ccc(F)cc2)cc1. The molecular formula is C20H14FNO3. The van der Waals surface area contributed by atoms with Crippen LogP contribution in [-0.2, 0) is 6.42 Å². The molecular weight excluding hydrogens is 321 g/mol. The first-order valence-corrected chi connectivity index (χ1v) is 7.58. The molecule has 0 bridgehead atoms. The molecule has 0 radical (unpaired) electrons. The Hall–Kier alpha value is -3.39. The van der Waals surface area contributed by atoms with Gasteiger partial charge in [0.1, 0.15) is 11.6 Å². The zero-order chi connectivity index (χ0) is 17.8. The second kappa shape index (κ2) is 7.02. The van der Waals surface area contributed by atoms with E-state index in [1.165, 1.54) is 12.1 Å². The van der Waals surface area contributed by atoms with E-state index in [2.05, 4.69) is 17.0 Å². The number of benzene rings is 2. The molecule has 0 unspecified atom stereocenters. The van der Waals surface area contributed by atoms with E-state index < -0.39 is 5.97 Å². The Labute approximate surface area is 143 Å². The van der Waals surface area contributed by atoms with Crippen molar-refractivity contribution >= 4 is 5.97 Å². The fourth-order valence-corrected chi connectivity index (χ4v) is 2.35. The molecule has 1 aromatic heterocycles. The van der Waals surface area contributed by atoms with Crippen molar-refractivity contribution in [3.63, 3.8) is 0 Å². The van der Waals surface area contributed by atoms with Gasteiger partial charge in [-0.3, -0.25) is 0 Å². The van der Waals surface area contributed by atoms with Gasteiger partial charge < -0.3 is 9.63 Å². The number of carbonyl (C=O) groups is 1. The Kier molecular flexibility index (Phi) is 4.62. The van der Waals surface area contributed by atoms with E-state index in [0.29, 0.717) is 17.7 Å². The van der Waals surface area contributed by atoms with Crippen molar-refractivity contribution in [3.8, 4) is 11.8 Å². The Balaban J connectivity index is 1.76. The maximum absolute atomic E-state index is 12.9. The average molecular weight is 335 g/mol. The van der Waals surface area contributed by atoms with E-state index in [-0.39, 0.29) is 11.5 Å². The third-order valence-corrected chi connectivity index (χ3v) is 3.72. The number of hydrogen-bond acceptors (Lipinski definition) is 3. The largest absolute Gasteiger partial charge is 0.476 e. The third-order valence-electron chi connectivity index (χ3n) is 3.72. The van der Waals surface area contributed by atoms with Crippen LogP contribution in [0.25, 0.3) is 0 Å². The van der Waals surface area contributed by atoms with Gasteiger partial charge >= 0.3 is 5.97 Å². The van der Waals surface area contributed by atoms with Crippen LogP contribution in [0.5, 0.6) is 0 Å². The molecule has 3 rings (SSSR count). The molecule has 0 fully saturated rings. The Bertz CT molecular complexity index is 961. The van der Waals surface area contributed by atoms with Gasteiger partial charge in [-0.05, 0) is 48.9 Å². The number of aromatic carboxylic acids is 1. The number of nitrogens with zero attached hydrogens (tertiary/aromatic N) is 1. The lowest BCUT2D eigenvalue weighted by atomic mass is 10.0. The summed E-state index contributed by atoms with van der Waals surface area (Å²) in [7, 11) is 0. The van der Waals surface area contributed by atoms with Gasteiger partial charge in [-0.1, -0.05) is 29.1 Å². The van der Waals surface area contributed by atoms with Crippen molar-refractivity contribution in [1.29, 1.82) is 0 Å². The maximum atomic E-state index is 12.9. The van der Waals surface area contributed by atoms with Gasteiger partial charge in [0.2, 0.25) is 0 Å². The molecule has 5 heteroatoms. The molecule has 0 saturated carbocycles. The Morgan fingerprint density at radius 1 is 1.08 bits per heavy atom. The topological polar surface area (TPSA) is 63.3 Å². The second-order valence-corrected chi connectivity index (χ2v) is 5.50. The van der Waals surface area contributed by atoms with Crippen LogP contribution in [0.2, 0.25) is 0 Å². The summed E-state index contributed by atoms with van der Waals surface area (Å²) in [6.45, 7) is 1.69. The van der Waals surface area contributed by atoms with Gasteiger partial charge in [0, 0.05) is 23.1 Å². The van der Waals surface area contributed by atoms with Crippen molar-refractivity contribution < 1.29 is 18.8 Å². The highest BCUT2D eigenvalue weighted by Crippen LogP contribution is 2.18. The highest BCUT2D eigenvalue weighted by molar-refractivity contribution is 5.87. The van der Waals surface area contributed by atoms with Crippen LogP contribution in [-0.4, -0.2) is 16.2 Å². The zero-order valence-corrected chi connectivity index (χ0v) is 13.4. The summed E-state index contributed by atoms with van der Waals surface area (Å²) < 4.78 is 17.8. The summed E-state index contributed by atoms with van der Waals surface area (Å²) >= 11 is 0. The van der Waals surface area contributed by atoms with Crippen LogP contribution < -0.4 is 0 Å². The summed E-state index contributed by atoms with van der Waals surface area (Å²) in [5.41, 5.74) is 2.99. The fourth-order valence-electron chi connectivity index (χ4n) is 2.35. The first-order valence-electron chi connectivity index (χ1n) is 7.58. The molecule has 2 aromatic carbocycles. The predicted molar refractivity (Wildman–Crippen MR) is 89.8 cm³/mol. The number of aryl methyl sites for hydroxylation is 1. The summed E-state index contributed by atoms with van der Waals surface area (Å²) in [5.74, 6) is 5.08. The maximum Gasteiger partial charge on any atom is 0.358 e. The Morgan fingerprint density at radius 3 is 2.20 bits per heavy atom. The van der Waals surface area contributed by atoms with E-state index in [1.807, 2.05) is 24.3 Å². The first kappa shape index (κ1) is 16.5. The van der Waals surface area contributed by atoms with Crippen molar-refractivity contribution in [2.45, 2.75) is 13.3 Å². The number of halogens is 1. The fraction of sp³-hybridized carbons (Fsp3) is 0.100. The number of carboxylic acid groups (broad SMARTS) is 1. The van der Waals surface area contributed by atoms with Crippen LogP contribution >= 0.6 is 0 Å². The van der Waals surface area contributed by atoms with Gasteiger partial charge in [-0.15, -0.1) is 0 Å². The lowest BCUT2D eigenvalue weighted by molar-refractivity contribution is 0.0685. The van der Waals surface area contributed by atoms with E-state index in [4.69, 9.17) is 9.63 Å². The molecule has 25 heavy (non-hydrogen) atoms. The highest BCUT2D eigenvalue weighted by Gasteiger charge is 2.18. The van der Waals surface area contributed by atoms with Gasteiger partial charge in [0.15, 0.2) is 5.69 Å². The van der Waals surface area contributed by atoms with Crippen LogP contribution in [0.1, 0.15) is 38.5 Å². The monoisotopic (exact) mass is 335 g/mol. The smallest absolute Gasteiger partial charge is 0.358 e. The third kappa shape index (κ3) is 3.93. The standard InChI is InChI=1S/C20H14FNO3/c1-13-18(19(20(23)24)22-25-13)12-16-6-4-14(5-7-16)2-3-15-8-10-17(21)11-9-15/h4-11H,12H2,1H3,(H,23,24). The van der Waals surface area contributed by atoms with Crippen LogP contribution in [0.3, 0.4) is 0 Å². The minimum atomic E-state index is -1.10. The number of carboxylic acids is 1. The first-order chi connectivity index (χ1) is 12.0. The van der Waals surface area contributed by atoms with Gasteiger partial charge in [-0.25, -0.2) is 9.18 Å². The van der Waals surface area contributed by atoms with Crippen LogP contribution in [0.15, 0.2) is 53.1 Å². The normalized spacial score (nSPS) is 10.2. The van der Waals surface area contributed by atoms with E-state index in [0.717, 1.165) is 16.7 Å². The van der Waals surface area contributed by atoms with Crippen LogP contribution in [0.4, 0.5) is 4.39 Å². The van der Waals surface area contributed by atoms with Gasteiger partial charge in [0.25, 0.3) is 0 Å². The minimum absolute atomic E-state index is 0.0577. The molecule has 124 valence electrons. The van der Waals surface area contributed by atoms with Crippen LogP contribution in [0, 0.1) is 24.6 Å². The summed E-state index contributed by atoms with van der Waals surface area (Å²) in [5, 5.41) is 12.7. The molecule has 0 spiro atoms. The summed E-state index contributed by atoms with van der Waals surface area (Å²) in [6.07, 6.45) is 0.419. The molecule has 0 aliphatic rings. The molecule has 3 aromatic rings. The quantitative estimate of drug-likeness (QED) is 0.739. The van der Waals surface area contributed by atoms with Crippen molar-refractivity contribution in [3.05, 3.63) is 88.1 Å². The molecule has 0 atom stereocenters. The van der Waals surface area contributed by atoms with E-state index >= 15 is 0 Å². The number of aromatic nitrogens is 1. The minimum Gasteiger partial charge on any atom is -0.476 e. The summed E-state index contributed by atoms with van der Waals surface area (Å²) in [4.78, 5) is 11.2. The average Bonchev–Trinajstić information content (AvgIpc) is 2.97. The molecule has 0 amide bonds. The molecule has 0 aliphatic carbocycles. The van der Waals surface area contributed by atoms with Crippen molar-refractivity contribution in [2.75, 3.05) is 0 Å². The number of hydrogen-bond donors (Lipinski definition) is 1. The van der Waals surface area contributed by atoms with Crippen molar-refractivity contribution in [2.24, 2.45) is 0 Å². The lowest BCUT2D eigenvalue weighted by Crippen LogP contribution is -2.02. The molecule has 4 nitrogen and oxygen atoms in total. The van der Waals surface area contributed by atoms with E-state index in [9.17, 15) is 9.18 Å².